The standard InChI is InChI=1S/C39H48ClF2N7O6/c1-2-53-32(51)22-52-14-6-9-26-29(40)16-30-27(19-44-49(30)31-10-3-4-15-54-31)33(26)36-34(42)35-28(18-43-36)37(47-12-5-8-25(50)21-47)46-38(45-35)55-23-39-11-7-13-48(39)20-24(41)17-39/h16,18-19,24-25,31,50H,2-15,17,20-23H2,1H3/t24-,25-,31?,39+/m1/s1. The van der Waals surface area contributed by atoms with Gasteiger partial charge in [0.1, 0.15) is 36.4 Å². The van der Waals surface area contributed by atoms with Crippen LogP contribution in [0, 0.1) is 5.82 Å². The number of piperidine rings is 1. The summed E-state index contributed by atoms with van der Waals surface area (Å²) in [5.74, 6) is -0.704. The van der Waals surface area contributed by atoms with Gasteiger partial charge in [-0.1, -0.05) is 11.6 Å². The molecule has 16 heteroatoms. The van der Waals surface area contributed by atoms with E-state index in [2.05, 4.69) is 9.88 Å². The second kappa shape index (κ2) is 16.4. The summed E-state index contributed by atoms with van der Waals surface area (Å²) in [6, 6.07) is 1.82. The molecule has 8 rings (SSSR count). The van der Waals surface area contributed by atoms with Crippen LogP contribution in [0.25, 0.3) is 33.1 Å². The van der Waals surface area contributed by atoms with Crippen molar-refractivity contribution < 1.29 is 37.6 Å². The number of benzene rings is 1. The van der Waals surface area contributed by atoms with Gasteiger partial charge in [0.2, 0.25) is 0 Å². The lowest BCUT2D eigenvalue weighted by Crippen LogP contribution is -2.43. The van der Waals surface area contributed by atoms with E-state index in [1.54, 1.807) is 24.0 Å². The summed E-state index contributed by atoms with van der Waals surface area (Å²) in [5.41, 5.74) is 1.41. The van der Waals surface area contributed by atoms with E-state index in [-0.39, 0.29) is 49.9 Å². The van der Waals surface area contributed by atoms with Crippen molar-refractivity contribution >= 4 is 45.2 Å². The van der Waals surface area contributed by atoms with Crippen molar-refractivity contribution in [3.63, 3.8) is 0 Å². The van der Waals surface area contributed by atoms with Crippen molar-refractivity contribution in [1.29, 1.82) is 0 Å². The van der Waals surface area contributed by atoms with Crippen molar-refractivity contribution in [2.24, 2.45) is 0 Å². The number of aliphatic hydroxyl groups is 1. The van der Waals surface area contributed by atoms with Crippen LogP contribution in [0.5, 0.6) is 6.01 Å². The highest BCUT2D eigenvalue weighted by molar-refractivity contribution is 6.33. The Balaban J connectivity index is 1.21. The average Bonchev–Trinajstić information content (AvgIpc) is 3.86. The molecule has 7 heterocycles. The number of anilines is 1. The predicted molar refractivity (Wildman–Crippen MR) is 202 cm³/mol. The highest BCUT2D eigenvalue weighted by Gasteiger charge is 2.49. The Bertz CT molecular complexity index is 2030. The Labute approximate surface area is 323 Å². The minimum Gasteiger partial charge on any atom is -0.464 e. The zero-order valence-corrected chi connectivity index (χ0v) is 31.9. The Morgan fingerprint density at radius 1 is 1.13 bits per heavy atom. The Morgan fingerprint density at radius 3 is 2.84 bits per heavy atom. The molecular weight excluding hydrogens is 736 g/mol. The number of aliphatic hydroxyl groups excluding tert-OH is 1. The van der Waals surface area contributed by atoms with E-state index in [1.807, 2.05) is 11.0 Å². The van der Waals surface area contributed by atoms with Gasteiger partial charge in [0.05, 0.1) is 35.3 Å². The van der Waals surface area contributed by atoms with Gasteiger partial charge in [-0.3, -0.25) is 9.88 Å². The van der Waals surface area contributed by atoms with E-state index in [9.17, 15) is 14.3 Å². The smallest absolute Gasteiger partial charge is 0.332 e. The molecule has 3 aromatic heterocycles. The molecule has 13 nitrogen and oxygen atoms in total. The van der Waals surface area contributed by atoms with Crippen LogP contribution in [0.2, 0.25) is 5.02 Å². The Morgan fingerprint density at radius 2 is 2.02 bits per heavy atom. The monoisotopic (exact) mass is 783 g/mol. The summed E-state index contributed by atoms with van der Waals surface area (Å²) in [6.07, 6.45) is 8.61. The van der Waals surface area contributed by atoms with Gasteiger partial charge in [0, 0.05) is 61.4 Å². The first kappa shape index (κ1) is 38.1. The SMILES string of the molecule is CCOC(=O)COCCCc1c(Cl)cc2c(cnn2C2CCCCO2)c1-c1ncc2c(N3CCC[C@@H](O)C3)nc(OC[C@@]34CCCN3C[C@H](F)C4)nc2c1F. The van der Waals surface area contributed by atoms with Crippen LogP contribution in [-0.4, -0.2) is 118 Å². The molecule has 1 aromatic carbocycles. The maximum atomic E-state index is 17.5. The Hall–Kier alpha value is -3.76. The Kier molecular flexibility index (Phi) is 11.4. The normalized spacial score (nSPS) is 24.5. The third-order valence-electron chi connectivity index (χ3n) is 11.4. The van der Waals surface area contributed by atoms with Gasteiger partial charge in [-0.2, -0.15) is 15.1 Å². The molecule has 4 saturated heterocycles. The number of rotatable bonds is 13. The number of pyridine rings is 1. The summed E-state index contributed by atoms with van der Waals surface area (Å²) < 4.78 is 56.8. The number of nitrogens with zero attached hydrogens (tertiary/aromatic N) is 7. The third kappa shape index (κ3) is 7.70. The van der Waals surface area contributed by atoms with E-state index in [0.717, 1.165) is 45.1 Å². The molecule has 4 atom stereocenters. The first-order valence-corrected chi connectivity index (χ1v) is 20.0. The van der Waals surface area contributed by atoms with E-state index < -0.39 is 29.6 Å². The molecule has 0 bridgehead atoms. The molecule has 1 N–H and O–H groups in total. The molecule has 4 aliphatic heterocycles. The van der Waals surface area contributed by atoms with Crippen LogP contribution in [0.4, 0.5) is 14.6 Å². The number of β-amino-alcohol motifs (C(OH)–C–C–N with tert-alkyl or cyclic N) is 1. The minimum atomic E-state index is -0.931. The van der Waals surface area contributed by atoms with Crippen LogP contribution in [0.3, 0.4) is 0 Å². The number of hydrogen-bond donors (Lipinski definition) is 1. The van der Waals surface area contributed by atoms with E-state index >= 15 is 4.39 Å². The quantitative estimate of drug-likeness (QED) is 0.127. The largest absolute Gasteiger partial charge is 0.464 e. The molecule has 0 spiro atoms. The molecule has 4 aromatic rings. The predicted octanol–water partition coefficient (Wildman–Crippen LogP) is 5.96. The van der Waals surface area contributed by atoms with Crippen LogP contribution < -0.4 is 9.64 Å². The first-order valence-electron chi connectivity index (χ1n) is 19.6. The summed E-state index contributed by atoms with van der Waals surface area (Å²) >= 11 is 7.07. The van der Waals surface area contributed by atoms with Crippen LogP contribution >= 0.6 is 11.6 Å². The van der Waals surface area contributed by atoms with Crippen LogP contribution in [0.1, 0.15) is 76.5 Å². The number of ether oxygens (including phenoxy) is 4. The van der Waals surface area contributed by atoms with Gasteiger partial charge in [-0.25, -0.2) is 18.3 Å². The number of halogens is 3. The summed E-state index contributed by atoms with van der Waals surface area (Å²) in [7, 11) is 0. The number of esters is 1. The number of carbonyl (C=O) groups excluding carboxylic acids is 1. The van der Waals surface area contributed by atoms with Crippen molar-refractivity contribution in [1.82, 2.24) is 29.6 Å². The topological polar surface area (TPSA) is 137 Å². The zero-order chi connectivity index (χ0) is 38.1. The third-order valence-corrected chi connectivity index (χ3v) is 11.8. The van der Waals surface area contributed by atoms with Crippen molar-refractivity contribution in [3.05, 3.63) is 34.9 Å². The zero-order valence-electron chi connectivity index (χ0n) is 31.2. The van der Waals surface area contributed by atoms with Gasteiger partial charge in [-0.15, -0.1) is 0 Å². The van der Waals surface area contributed by atoms with Crippen molar-refractivity contribution in [2.45, 2.75) is 95.2 Å². The number of hydrogen-bond acceptors (Lipinski definition) is 12. The number of fused-ring (bicyclic) bond motifs is 3. The fourth-order valence-corrected chi connectivity index (χ4v) is 9.16. The molecule has 4 fully saturated rings. The highest BCUT2D eigenvalue weighted by atomic mass is 35.5. The molecule has 0 amide bonds. The molecule has 296 valence electrons. The van der Waals surface area contributed by atoms with Crippen LogP contribution in [-0.2, 0) is 25.4 Å². The first-order chi connectivity index (χ1) is 26.7. The molecule has 55 heavy (non-hydrogen) atoms. The fourth-order valence-electron chi connectivity index (χ4n) is 8.86. The number of carbonyl (C=O) groups is 1. The maximum absolute atomic E-state index is 17.5. The molecular formula is C39H48ClF2N7O6. The second-order valence-electron chi connectivity index (χ2n) is 15.1. The summed E-state index contributed by atoms with van der Waals surface area (Å²) in [4.78, 5) is 30.1. The average molecular weight is 784 g/mol. The van der Waals surface area contributed by atoms with Crippen molar-refractivity contribution in [3.8, 4) is 17.3 Å². The van der Waals surface area contributed by atoms with E-state index in [4.69, 9.17) is 45.6 Å². The van der Waals surface area contributed by atoms with E-state index in [1.165, 1.54) is 0 Å². The van der Waals surface area contributed by atoms with Gasteiger partial charge >= 0.3 is 12.0 Å². The second-order valence-corrected chi connectivity index (χ2v) is 15.5. The molecule has 0 saturated carbocycles. The number of aromatic nitrogens is 5. The summed E-state index contributed by atoms with van der Waals surface area (Å²) in [5, 5.41) is 16.8. The maximum Gasteiger partial charge on any atom is 0.332 e. The van der Waals surface area contributed by atoms with Gasteiger partial charge in [0.15, 0.2) is 12.0 Å². The lowest BCUT2D eigenvalue weighted by molar-refractivity contribution is -0.148. The van der Waals surface area contributed by atoms with Crippen LogP contribution in [0.15, 0.2) is 18.5 Å². The molecule has 4 aliphatic rings. The van der Waals surface area contributed by atoms with Crippen molar-refractivity contribution in [2.75, 3.05) is 64.1 Å². The molecule has 1 unspecified atom stereocenters. The minimum absolute atomic E-state index is 0.0142. The van der Waals surface area contributed by atoms with Gasteiger partial charge in [0.25, 0.3) is 0 Å². The number of alkyl halides is 1. The summed E-state index contributed by atoms with van der Waals surface area (Å²) in [6.45, 7) is 4.98. The highest BCUT2D eigenvalue weighted by Crippen LogP contribution is 2.43. The van der Waals surface area contributed by atoms with E-state index in [0.29, 0.717) is 90.2 Å². The van der Waals surface area contributed by atoms with Gasteiger partial charge in [-0.05, 0) is 82.9 Å². The lowest BCUT2D eigenvalue weighted by atomic mass is 9.95. The molecule has 0 radical (unpaired) electrons. The lowest BCUT2D eigenvalue weighted by Gasteiger charge is -2.32. The van der Waals surface area contributed by atoms with Gasteiger partial charge < -0.3 is 29.0 Å². The molecule has 0 aliphatic carbocycles. The fraction of sp³-hybridized carbons (Fsp3) is 0.615.